The lowest BCUT2D eigenvalue weighted by molar-refractivity contribution is 0.568. The van der Waals surface area contributed by atoms with Crippen LogP contribution < -0.4 is 5.73 Å². The third-order valence-electron chi connectivity index (χ3n) is 3.62. The van der Waals surface area contributed by atoms with Gasteiger partial charge in [0, 0.05) is 15.5 Å². The van der Waals surface area contributed by atoms with Crippen molar-refractivity contribution in [2.75, 3.05) is 0 Å². The van der Waals surface area contributed by atoms with Crippen molar-refractivity contribution in [3.8, 4) is 0 Å². The first kappa shape index (κ1) is 16.5. The summed E-state index contributed by atoms with van der Waals surface area (Å²) in [4.78, 5) is 0. The van der Waals surface area contributed by atoms with Crippen molar-refractivity contribution in [1.29, 1.82) is 0 Å². The van der Waals surface area contributed by atoms with Crippen molar-refractivity contribution in [2.45, 2.75) is 38.6 Å². The maximum atomic E-state index is 6.46. The van der Waals surface area contributed by atoms with Gasteiger partial charge in [0.2, 0.25) is 0 Å². The molecule has 0 aliphatic rings. The molecule has 1 atom stereocenters. The molecule has 0 fully saturated rings. The molecule has 1 unspecified atom stereocenters. The second-order valence-electron chi connectivity index (χ2n) is 6.38. The molecular formula is C18H21BrClN. The highest BCUT2D eigenvalue weighted by Crippen LogP contribution is 2.31. The zero-order valence-electron chi connectivity index (χ0n) is 12.7. The minimum Gasteiger partial charge on any atom is -0.324 e. The van der Waals surface area contributed by atoms with Crippen LogP contribution in [-0.2, 0) is 11.8 Å². The van der Waals surface area contributed by atoms with E-state index < -0.39 is 0 Å². The molecule has 2 aromatic carbocycles. The predicted octanol–water partition coefficient (Wildman–Crippen LogP) is 5.64. The Balaban J connectivity index is 2.31. The quantitative estimate of drug-likeness (QED) is 0.747. The van der Waals surface area contributed by atoms with E-state index in [-0.39, 0.29) is 11.5 Å². The highest BCUT2D eigenvalue weighted by atomic mass is 79.9. The van der Waals surface area contributed by atoms with Gasteiger partial charge in [-0.1, -0.05) is 78.6 Å². The summed E-state index contributed by atoms with van der Waals surface area (Å²) in [5.74, 6) is 0. The van der Waals surface area contributed by atoms with Gasteiger partial charge >= 0.3 is 0 Å². The van der Waals surface area contributed by atoms with Crippen LogP contribution in [0.2, 0.25) is 5.02 Å². The normalized spacial score (nSPS) is 13.2. The van der Waals surface area contributed by atoms with Crippen molar-refractivity contribution in [2.24, 2.45) is 5.73 Å². The number of benzene rings is 2. The van der Waals surface area contributed by atoms with Gasteiger partial charge in [0.1, 0.15) is 0 Å². The van der Waals surface area contributed by atoms with Crippen LogP contribution >= 0.6 is 27.5 Å². The summed E-state index contributed by atoms with van der Waals surface area (Å²) in [6, 6.07) is 14.3. The zero-order valence-corrected chi connectivity index (χ0v) is 15.0. The molecule has 1 nitrogen and oxygen atoms in total. The van der Waals surface area contributed by atoms with Gasteiger partial charge in [-0.25, -0.2) is 0 Å². The van der Waals surface area contributed by atoms with Crippen LogP contribution in [0.4, 0.5) is 0 Å². The van der Waals surface area contributed by atoms with Crippen LogP contribution in [0.3, 0.4) is 0 Å². The summed E-state index contributed by atoms with van der Waals surface area (Å²) in [6.45, 7) is 6.64. The molecule has 2 aromatic rings. The van der Waals surface area contributed by atoms with Gasteiger partial charge in [0.05, 0.1) is 0 Å². The summed E-state index contributed by atoms with van der Waals surface area (Å²) < 4.78 is 0.986. The Morgan fingerprint density at radius 2 is 1.81 bits per heavy atom. The van der Waals surface area contributed by atoms with Crippen LogP contribution in [-0.4, -0.2) is 0 Å². The molecule has 0 saturated heterocycles. The summed E-state index contributed by atoms with van der Waals surface area (Å²) in [6.07, 6.45) is 0.735. The molecule has 21 heavy (non-hydrogen) atoms. The van der Waals surface area contributed by atoms with E-state index in [1.54, 1.807) is 0 Å². The molecule has 0 amide bonds. The van der Waals surface area contributed by atoms with Gasteiger partial charge in [-0.2, -0.15) is 0 Å². The molecule has 0 saturated carbocycles. The summed E-state index contributed by atoms with van der Waals surface area (Å²) in [7, 11) is 0. The van der Waals surface area contributed by atoms with Gasteiger partial charge < -0.3 is 5.73 Å². The largest absolute Gasteiger partial charge is 0.324 e. The molecule has 2 rings (SSSR count). The lowest BCUT2D eigenvalue weighted by Crippen LogP contribution is -2.21. The molecular weight excluding hydrogens is 346 g/mol. The SMILES string of the molecule is CC(C)(C)c1ccccc1C(N)Cc1ccc(Br)cc1Cl. The molecule has 0 spiro atoms. The molecule has 0 heterocycles. The van der Waals surface area contributed by atoms with Crippen molar-refractivity contribution in [3.05, 3.63) is 68.7 Å². The highest BCUT2D eigenvalue weighted by molar-refractivity contribution is 9.10. The van der Waals surface area contributed by atoms with E-state index in [0.717, 1.165) is 21.5 Å². The number of hydrogen-bond acceptors (Lipinski definition) is 1. The van der Waals surface area contributed by atoms with Crippen LogP contribution in [0.5, 0.6) is 0 Å². The molecule has 0 aromatic heterocycles. The minimum absolute atomic E-state index is 0.0564. The highest BCUT2D eigenvalue weighted by Gasteiger charge is 2.21. The molecule has 0 bridgehead atoms. The Kier molecular flexibility index (Phi) is 5.13. The summed E-state index contributed by atoms with van der Waals surface area (Å²) in [5, 5.41) is 0.757. The topological polar surface area (TPSA) is 26.0 Å². The Morgan fingerprint density at radius 3 is 2.43 bits per heavy atom. The Bertz CT molecular complexity index is 631. The van der Waals surface area contributed by atoms with Crippen LogP contribution in [0.25, 0.3) is 0 Å². The lowest BCUT2D eigenvalue weighted by atomic mass is 9.81. The fraction of sp³-hybridized carbons (Fsp3) is 0.333. The Labute approximate surface area is 140 Å². The minimum atomic E-state index is -0.0564. The summed E-state index contributed by atoms with van der Waals surface area (Å²) in [5.41, 5.74) is 10.1. The van der Waals surface area contributed by atoms with Crippen molar-refractivity contribution in [3.63, 3.8) is 0 Å². The number of halogens is 2. The first-order valence-corrected chi connectivity index (χ1v) is 8.25. The van der Waals surface area contributed by atoms with E-state index in [4.69, 9.17) is 17.3 Å². The van der Waals surface area contributed by atoms with Gasteiger partial charge in [-0.05, 0) is 40.7 Å². The van der Waals surface area contributed by atoms with Crippen LogP contribution in [0, 0.1) is 0 Å². The second-order valence-corrected chi connectivity index (χ2v) is 7.71. The maximum absolute atomic E-state index is 6.46. The smallest absolute Gasteiger partial charge is 0.0449 e. The van der Waals surface area contributed by atoms with E-state index in [9.17, 15) is 0 Å². The third-order valence-corrected chi connectivity index (χ3v) is 4.47. The number of hydrogen-bond donors (Lipinski definition) is 1. The van der Waals surface area contributed by atoms with Crippen LogP contribution in [0.1, 0.15) is 43.5 Å². The van der Waals surface area contributed by atoms with E-state index >= 15 is 0 Å². The van der Waals surface area contributed by atoms with E-state index in [2.05, 4.69) is 54.9 Å². The number of rotatable bonds is 3. The number of nitrogens with two attached hydrogens (primary N) is 1. The first-order chi connectivity index (χ1) is 9.79. The molecule has 0 aliphatic heterocycles. The van der Waals surface area contributed by atoms with Gasteiger partial charge in [0.15, 0.2) is 0 Å². The third kappa shape index (κ3) is 4.09. The fourth-order valence-corrected chi connectivity index (χ4v) is 3.29. The zero-order chi connectivity index (χ0) is 15.6. The second kappa shape index (κ2) is 6.51. The fourth-order valence-electron chi connectivity index (χ4n) is 2.54. The van der Waals surface area contributed by atoms with Gasteiger partial charge in [-0.3, -0.25) is 0 Å². The average molecular weight is 367 g/mol. The molecule has 112 valence electrons. The first-order valence-electron chi connectivity index (χ1n) is 7.08. The summed E-state index contributed by atoms with van der Waals surface area (Å²) >= 11 is 9.73. The van der Waals surface area contributed by atoms with E-state index in [1.165, 1.54) is 11.1 Å². The van der Waals surface area contributed by atoms with Gasteiger partial charge in [-0.15, -0.1) is 0 Å². The Morgan fingerprint density at radius 1 is 1.14 bits per heavy atom. The molecule has 2 N–H and O–H groups in total. The van der Waals surface area contributed by atoms with Crippen molar-refractivity contribution < 1.29 is 0 Å². The molecule has 3 heteroatoms. The monoisotopic (exact) mass is 365 g/mol. The van der Waals surface area contributed by atoms with E-state index in [1.807, 2.05) is 24.3 Å². The van der Waals surface area contributed by atoms with Crippen molar-refractivity contribution in [1.82, 2.24) is 0 Å². The predicted molar refractivity (Wildman–Crippen MR) is 94.9 cm³/mol. The standard InChI is InChI=1S/C18H21BrClN/c1-18(2,3)15-7-5-4-6-14(15)17(21)10-12-8-9-13(19)11-16(12)20/h4-9,11,17H,10,21H2,1-3H3. The molecule has 0 radical (unpaired) electrons. The maximum Gasteiger partial charge on any atom is 0.0449 e. The lowest BCUT2D eigenvalue weighted by Gasteiger charge is -2.26. The van der Waals surface area contributed by atoms with Crippen LogP contribution in [0.15, 0.2) is 46.9 Å². The van der Waals surface area contributed by atoms with Crippen molar-refractivity contribution >= 4 is 27.5 Å². The average Bonchev–Trinajstić information content (AvgIpc) is 2.41. The van der Waals surface area contributed by atoms with E-state index in [0.29, 0.717) is 0 Å². The molecule has 0 aliphatic carbocycles. The van der Waals surface area contributed by atoms with Gasteiger partial charge in [0.25, 0.3) is 0 Å². The Hall–Kier alpha value is -0.830.